The molecule has 0 radical (unpaired) electrons. The Labute approximate surface area is 146 Å². The van der Waals surface area contributed by atoms with E-state index >= 15 is 0 Å². The molecule has 7 heteroatoms. The molecule has 0 fully saturated rings. The van der Waals surface area contributed by atoms with Gasteiger partial charge >= 0.3 is 6.09 Å². The highest BCUT2D eigenvalue weighted by Crippen LogP contribution is 2.30. The van der Waals surface area contributed by atoms with Crippen LogP contribution < -0.4 is 10.1 Å². The number of ether oxygens (including phenoxy) is 1. The minimum absolute atomic E-state index is 0.0758. The van der Waals surface area contributed by atoms with Crippen molar-refractivity contribution >= 4 is 39.4 Å². The monoisotopic (exact) mass is 348 g/mol. The number of nitrogens with zero attached hydrogens (tertiary/aromatic N) is 1. The number of rotatable bonds is 3. The first-order valence-electron chi connectivity index (χ1n) is 7.75. The van der Waals surface area contributed by atoms with Crippen LogP contribution in [-0.4, -0.2) is 11.0 Å². The summed E-state index contributed by atoms with van der Waals surface area (Å²) in [7, 11) is 0. The third-order valence-corrected chi connectivity index (χ3v) is 3.88. The van der Waals surface area contributed by atoms with Gasteiger partial charge < -0.3 is 9.15 Å². The Hall–Kier alpha value is -3.87. The summed E-state index contributed by atoms with van der Waals surface area (Å²) < 4.78 is 10.9. The molecule has 0 spiro atoms. The SMILES string of the molecule is O=C(Nc1ccc2c(c1)oc1ccccc12)Oc1ccc([N+](=O)[O-])cc1. The first-order valence-corrected chi connectivity index (χ1v) is 7.75. The number of furan rings is 1. The van der Waals surface area contributed by atoms with Crippen LogP contribution in [0.25, 0.3) is 21.9 Å². The second-order valence-corrected chi connectivity index (χ2v) is 5.57. The Morgan fingerprint density at radius 1 is 0.962 bits per heavy atom. The predicted molar refractivity (Wildman–Crippen MR) is 96.5 cm³/mol. The van der Waals surface area contributed by atoms with Crippen LogP contribution >= 0.6 is 0 Å². The lowest BCUT2D eigenvalue weighted by Crippen LogP contribution is -2.16. The highest BCUT2D eigenvalue weighted by molar-refractivity contribution is 6.06. The number of carbonyl (C=O) groups excluding carboxylic acids is 1. The van der Waals surface area contributed by atoms with Crippen molar-refractivity contribution in [3.05, 3.63) is 76.8 Å². The van der Waals surface area contributed by atoms with E-state index in [1.54, 1.807) is 12.1 Å². The molecule has 0 aliphatic carbocycles. The summed E-state index contributed by atoms with van der Waals surface area (Å²) in [5.41, 5.74) is 1.86. The molecule has 4 rings (SSSR count). The summed E-state index contributed by atoms with van der Waals surface area (Å²) in [6.07, 6.45) is -0.700. The summed E-state index contributed by atoms with van der Waals surface area (Å²) in [6.45, 7) is 0. The van der Waals surface area contributed by atoms with Crippen LogP contribution in [0.2, 0.25) is 0 Å². The van der Waals surface area contributed by atoms with Crippen molar-refractivity contribution in [2.75, 3.05) is 5.32 Å². The van der Waals surface area contributed by atoms with E-state index in [9.17, 15) is 14.9 Å². The second-order valence-electron chi connectivity index (χ2n) is 5.57. The number of hydrogen-bond acceptors (Lipinski definition) is 5. The molecule has 0 unspecified atom stereocenters. The second kappa shape index (κ2) is 6.21. The average Bonchev–Trinajstić information content (AvgIpc) is 2.99. The molecule has 26 heavy (non-hydrogen) atoms. The number of anilines is 1. The van der Waals surface area contributed by atoms with Crippen molar-refractivity contribution in [3.63, 3.8) is 0 Å². The first kappa shape index (κ1) is 15.6. The standard InChI is InChI=1S/C19H12N2O5/c22-19(25-14-8-6-13(7-9-14)21(23)24)20-12-5-10-16-15-3-1-2-4-17(15)26-18(16)11-12/h1-11H,(H,20,22). The molecule has 0 aliphatic heterocycles. The van der Waals surface area contributed by atoms with Gasteiger partial charge in [0.2, 0.25) is 0 Å². The van der Waals surface area contributed by atoms with E-state index in [0.29, 0.717) is 11.3 Å². The lowest BCUT2D eigenvalue weighted by molar-refractivity contribution is -0.384. The van der Waals surface area contributed by atoms with Gasteiger partial charge in [0.05, 0.1) is 4.92 Å². The molecule has 128 valence electrons. The number of nitrogens with one attached hydrogen (secondary N) is 1. The molecule has 1 amide bonds. The summed E-state index contributed by atoms with van der Waals surface area (Å²) in [4.78, 5) is 22.1. The molecule has 0 saturated heterocycles. The molecule has 1 N–H and O–H groups in total. The maximum Gasteiger partial charge on any atom is 0.417 e. The topological polar surface area (TPSA) is 94.6 Å². The molecular weight excluding hydrogens is 336 g/mol. The fourth-order valence-corrected chi connectivity index (χ4v) is 2.69. The number of carbonyl (C=O) groups is 1. The number of fused-ring (bicyclic) bond motifs is 3. The average molecular weight is 348 g/mol. The van der Waals surface area contributed by atoms with Gasteiger partial charge in [-0.1, -0.05) is 18.2 Å². The van der Waals surface area contributed by atoms with Crippen LogP contribution in [0.4, 0.5) is 16.2 Å². The normalized spacial score (nSPS) is 10.8. The van der Waals surface area contributed by atoms with Crippen molar-refractivity contribution in [1.82, 2.24) is 0 Å². The molecular formula is C19H12N2O5. The van der Waals surface area contributed by atoms with Crippen LogP contribution in [0.1, 0.15) is 0 Å². The number of nitro benzene ring substituents is 1. The maximum atomic E-state index is 12.0. The van der Waals surface area contributed by atoms with E-state index in [-0.39, 0.29) is 11.4 Å². The van der Waals surface area contributed by atoms with Crippen LogP contribution in [0.3, 0.4) is 0 Å². The van der Waals surface area contributed by atoms with Crippen molar-refractivity contribution in [1.29, 1.82) is 0 Å². The van der Waals surface area contributed by atoms with Crippen LogP contribution in [0.15, 0.2) is 71.1 Å². The molecule has 0 aliphatic rings. The van der Waals surface area contributed by atoms with Gasteiger partial charge in [0.25, 0.3) is 5.69 Å². The van der Waals surface area contributed by atoms with Gasteiger partial charge in [-0.2, -0.15) is 0 Å². The van der Waals surface area contributed by atoms with Gasteiger partial charge in [-0.15, -0.1) is 0 Å². The van der Waals surface area contributed by atoms with Crippen molar-refractivity contribution < 1.29 is 18.9 Å². The highest BCUT2D eigenvalue weighted by atomic mass is 16.6. The summed E-state index contributed by atoms with van der Waals surface area (Å²) in [5.74, 6) is 0.206. The van der Waals surface area contributed by atoms with Crippen molar-refractivity contribution in [2.45, 2.75) is 0 Å². The molecule has 3 aromatic carbocycles. The van der Waals surface area contributed by atoms with Gasteiger partial charge in [-0.3, -0.25) is 15.4 Å². The van der Waals surface area contributed by atoms with Crippen molar-refractivity contribution in [3.8, 4) is 5.75 Å². The molecule has 0 saturated carbocycles. The molecule has 4 aromatic rings. The van der Waals surface area contributed by atoms with Gasteiger partial charge in [-0.25, -0.2) is 4.79 Å². The molecule has 7 nitrogen and oxygen atoms in total. The van der Waals surface area contributed by atoms with Gasteiger partial charge in [0.15, 0.2) is 0 Å². The fourth-order valence-electron chi connectivity index (χ4n) is 2.69. The maximum absolute atomic E-state index is 12.0. The summed E-state index contributed by atoms with van der Waals surface area (Å²) >= 11 is 0. The van der Waals surface area contributed by atoms with Gasteiger partial charge in [-0.05, 0) is 30.3 Å². The molecule has 1 heterocycles. The Bertz CT molecular complexity index is 1130. The number of nitro groups is 1. The molecule has 0 atom stereocenters. The van der Waals surface area contributed by atoms with Gasteiger partial charge in [0, 0.05) is 34.7 Å². The Balaban J connectivity index is 1.51. The fraction of sp³-hybridized carbons (Fsp3) is 0. The highest BCUT2D eigenvalue weighted by Gasteiger charge is 2.11. The molecule has 1 aromatic heterocycles. The third kappa shape index (κ3) is 2.93. The smallest absolute Gasteiger partial charge is 0.417 e. The Morgan fingerprint density at radius 2 is 1.69 bits per heavy atom. The lowest BCUT2D eigenvalue weighted by atomic mass is 10.1. The molecule has 0 bridgehead atoms. The predicted octanol–water partition coefficient (Wildman–Crippen LogP) is 5.11. The van der Waals surface area contributed by atoms with Crippen LogP contribution in [0, 0.1) is 10.1 Å². The van der Waals surface area contributed by atoms with E-state index in [2.05, 4.69) is 5.32 Å². The van der Waals surface area contributed by atoms with Crippen LogP contribution in [-0.2, 0) is 0 Å². The van der Waals surface area contributed by atoms with E-state index < -0.39 is 11.0 Å². The largest absolute Gasteiger partial charge is 0.456 e. The number of non-ortho nitro benzene ring substituents is 1. The van der Waals surface area contributed by atoms with E-state index in [1.807, 2.05) is 30.3 Å². The van der Waals surface area contributed by atoms with Crippen molar-refractivity contribution in [2.24, 2.45) is 0 Å². The first-order chi connectivity index (χ1) is 12.6. The van der Waals surface area contributed by atoms with Gasteiger partial charge in [0.1, 0.15) is 16.9 Å². The zero-order chi connectivity index (χ0) is 18.1. The number of para-hydroxylation sites is 1. The minimum Gasteiger partial charge on any atom is -0.456 e. The van der Waals surface area contributed by atoms with E-state index in [1.165, 1.54) is 24.3 Å². The van der Waals surface area contributed by atoms with E-state index in [4.69, 9.17) is 9.15 Å². The lowest BCUT2D eigenvalue weighted by Gasteiger charge is -2.06. The number of amides is 1. The zero-order valence-corrected chi connectivity index (χ0v) is 13.3. The third-order valence-electron chi connectivity index (χ3n) is 3.88. The summed E-state index contributed by atoms with van der Waals surface area (Å²) in [6, 6.07) is 18.3. The Morgan fingerprint density at radius 3 is 2.46 bits per heavy atom. The zero-order valence-electron chi connectivity index (χ0n) is 13.3. The summed E-state index contributed by atoms with van der Waals surface area (Å²) in [5, 5.41) is 15.2. The number of hydrogen-bond donors (Lipinski definition) is 1. The van der Waals surface area contributed by atoms with E-state index in [0.717, 1.165) is 16.4 Å². The van der Waals surface area contributed by atoms with Crippen LogP contribution in [0.5, 0.6) is 5.75 Å². The Kier molecular flexibility index (Phi) is 3.74. The quantitative estimate of drug-likeness (QED) is 0.410. The minimum atomic E-state index is -0.700. The number of benzene rings is 3.